The second-order valence-corrected chi connectivity index (χ2v) is 5.29. The fourth-order valence-electron chi connectivity index (χ4n) is 2.81. The molecule has 0 radical (unpaired) electrons. The molecule has 1 heterocycles. The maximum atomic E-state index is 9.20. The first-order chi connectivity index (χ1) is 9.28. The van der Waals surface area contributed by atoms with E-state index in [0.717, 1.165) is 17.0 Å². The summed E-state index contributed by atoms with van der Waals surface area (Å²) in [6.45, 7) is 2.01. The molecule has 0 spiro atoms. The van der Waals surface area contributed by atoms with Gasteiger partial charge in [-0.25, -0.2) is 0 Å². The van der Waals surface area contributed by atoms with Crippen molar-refractivity contribution in [2.75, 3.05) is 0 Å². The molecule has 1 aromatic carbocycles. The molecular formula is C17H19NO. The Morgan fingerprint density at radius 3 is 2.58 bits per heavy atom. The zero-order valence-corrected chi connectivity index (χ0v) is 11.3. The quantitative estimate of drug-likeness (QED) is 0.889. The molecule has 0 fully saturated rings. The van der Waals surface area contributed by atoms with Gasteiger partial charge in [-0.1, -0.05) is 18.2 Å². The fourth-order valence-corrected chi connectivity index (χ4v) is 2.81. The van der Waals surface area contributed by atoms with E-state index in [1.165, 1.54) is 42.4 Å². The number of fused-ring (bicyclic) bond motifs is 1. The minimum Gasteiger partial charge on any atom is -0.392 e. The molecule has 0 atom stereocenters. The Balaban J connectivity index is 2.00. The predicted molar refractivity (Wildman–Crippen MR) is 77.0 cm³/mol. The van der Waals surface area contributed by atoms with Crippen LogP contribution in [0.1, 0.15) is 35.2 Å². The van der Waals surface area contributed by atoms with Gasteiger partial charge in [0.15, 0.2) is 0 Å². The molecule has 1 aliphatic carbocycles. The number of rotatable bonds is 2. The molecule has 1 N–H and O–H groups in total. The first kappa shape index (κ1) is 12.4. The van der Waals surface area contributed by atoms with Crippen LogP contribution in [0.15, 0.2) is 30.3 Å². The highest BCUT2D eigenvalue weighted by molar-refractivity contribution is 5.62. The molecule has 2 nitrogen and oxygen atoms in total. The van der Waals surface area contributed by atoms with Crippen molar-refractivity contribution in [3.63, 3.8) is 0 Å². The van der Waals surface area contributed by atoms with Crippen molar-refractivity contribution < 1.29 is 5.11 Å². The van der Waals surface area contributed by atoms with Crippen LogP contribution in [0.3, 0.4) is 0 Å². The van der Waals surface area contributed by atoms with Gasteiger partial charge in [0.05, 0.1) is 12.3 Å². The number of nitrogens with zero attached hydrogens (tertiary/aromatic N) is 1. The van der Waals surface area contributed by atoms with Crippen LogP contribution in [0.5, 0.6) is 0 Å². The standard InChI is InChI=1S/C17H19NO/c1-12-16(11-19)8-9-17(18-12)15-7-6-13-4-2-3-5-14(13)10-15/h6-10,19H,2-5,11H2,1H3. The second kappa shape index (κ2) is 5.14. The summed E-state index contributed by atoms with van der Waals surface area (Å²) in [4.78, 5) is 4.60. The van der Waals surface area contributed by atoms with Crippen molar-refractivity contribution in [2.45, 2.75) is 39.2 Å². The van der Waals surface area contributed by atoms with Crippen molar-refractivity contribution >= 4 is 0 Å². The number of aliphatic hydroxyl groups is 1. The maximum Gasteiger partial charge on any atom is 0.0705 e. The first-order valence-corrected chi connectivity index (χ1v) is 6.97. The average Bonchev–Trinajstić information content (AvgIpc) is 2.46. The van der Waals surface area contributed by atoms with Gasteiger partial charge in [-0.3, -0.25) is 4.98 Å². The van der Waals surface area contributed by atoms with Crippen LogP contribution in [0.25, 0.3) is 11.3 Å². The van der Waals surface area contributed by atoms with E-state index in [-0.39, 0.29) is 6.61 Å². The molecule has 0 unspecified atom stereocenters. The zero-order valence-electron chi connectivity index (χ0n) is 11.3. The summed E-state index contributed by atoms with van der Waals surface area (Å²) in [5, 5.41) is 9.20. The normalized spacial score (nSPS) is 14.2. The number of benzene rings is 1. The summed E-state index contributed by atoms with van der Waals surface area (Å²) < 4.78 is 0. The minimum atomic E-state index is 0.0588. The largest absolute Gasteiger partial charge is 0.392 e. The molecule has 98 valence electrons. The number of aliphatic hydroxyl groups excluding tert-OH is 1. The third-order valence-electron chi connectivity index (χ3n) is 4.01. The highest BCUT2D eigenvalue weighted by atomic mass is 16.3. The average molecular weight is 253 g/mol. The Morgan fingerprint density at radius 2 is 1.84 bits per heavy atom. The minimum absolute atomic E-state index is 0.0588. The lowest BCUT2D eigenvalue weighted by atomic mass is 9.90. The Kier molecular flexibility index (Phi) is 3.34. The molecular weight excluding hydrogens is 234 g/mol. The van der Waals surface area contributed by atoms with Crippen molar-refractivity contribution in [3.05, 3.63) is 52.7 Å². The van der Waals surface area contributed by atoms with Gasteiger partial charge >= 0.3 is 0 Å². The van der Waals surface area contributed by atoms with Crippen LogP contribution in [0.4, 0.5) is 0 Å². The molecule has 2 aromatic rings. The molecule has 3 rings (SSSR count). The molecule has 0 saturated heterocycles. The van der Waals surface area contributed by atoms with E-state index in [1.807, 2.05) is 19.1 Å². The molecule has 0 saturated carbocycles. The highest BCUT2D eigenvalue weighted by Gasteiger charge is 2.11. The smallest absolute Gasteiger partial charge is 0.0705 e. The first-order valence-electron chi connectivity index (χ1n) is 6.97. The van der Waals surface area contributed by atoms with Crippen molar-refractivity contribution in [1.82, 2.24) is 4.98 Å². The van der Waals surface area contributed by atoms with Gasteiger partial charge in [0, 0.05) is 11.3 Å². The number of aromatic nitrogens is 1. The van der Waals surface area contributed by atoms with Gasteiger partial charge in [0.1, 0.15) is 0 Å². The van der Waals surface area contributed by atoms with E-state index in [4.69, 9.17) is 0 Å². The lowest BCUT2D eigenvalue weighted by molar-refractivity contribution is 0.280. The number of hydrogen-bond donors (Lipinski definition) is 1. The summed E-state index contributed by atoms with van der Waals surface area (Å²) in [5.41, 5.74) is 6.99. The molecule has 1 aliphatic rings. The lowest BCUT2D eigenvalue weighted by Gasteiger charge is -2.16. The third kappa shape index (κ3) is 2.41. The number of aryl methyl sites for hydroxylation is 3. The molecule has 0 bridgehead atoms. The molecule has 1 aromatic heterocycles. The van der Waals surface area contributed by atoms with Gasteiger partial charge in [-0.05, 0) is 61.4 Å². The monoisotopic (exact) mass is 253 g/mol. The molecule has 0 amide bonds. The Hall–Kier alpha value is -1.67. The Morgan fingerprint density at radius 1 is 1.05 bits per heavy atom. The van der Waals surface area contributed by atoms with Gasteiger partial charge in [0.2, 0.25) is 0 Å². The molecule has 0 aliphatic heterocycles. The van der Waals surface area contributed by atoms with Gasteiger partial charge < -0.3 is 5.11 Å². The summed E-state index contributed by atoms with van der Waals surface area (Å²) in [7, 11) is 0. The Bertz CT molecular complexity index is 604. The molecule has 2 heteroatoms. The SMILES string of the molecule is Cc1nc(-c2ccc3c(c2)CCCC3)ccc1CO. The van der Waals surface area contributed by atoms with Gasteiger partial charge in [0.25, 0.3) is 0 Å². The van der Waals surface area contributed by atoms with Crippen LogP contribution < -0.4 is 0 Å². The van der Waals surface area contributed by atoms with E-state index in [2.05, 4.69) is 23.2 Å². The van der Waals surface area contributed by atoms with Gasteiger partial charge in [-0.2, -0.15) is 0 Å². The van der Waals surface area contributed by atoms with Crippen LogP contribution in [-0.2, 0) is 19.4 Å². The third-order valence-corrected chi connectivity index (χ3v) is 4.01. The van der Waals surface area contributed by atoms with E-state index < -0.39 is 0 Å². The summed E-state index contributed by atoms with van der Waals surface area (Å²) in [6, 6.07) is 10.7. The van der Waals surface area contributed by atoms with Crippen LogP contribution in [0.2, 0.25) is 0 Å². The maximum absolute atomic E-state index is 9.20. The second-order valence-electron chi connectivity index (χ2n) is 5.29. The number of hydrogen-bond acceptors (Lipinski definition) is 2. The van der Waals surface area contributed by atoms with E-state index in [9.17, 15) is 5.11 Å². The van der Waals surface area contributed by atoms with E-state index in [0.29, 0.717) is 0 Å². The van der Waals surface area contributed by atoms with Crippen LogP contribution in [-0.4, -0.2) is 10.1 Å². The topological polar surface area (TPSA) is 33.1 Å². The Labute approximate surface area is 114 Å². The van der Waals surface area contributed by atoms with E-state index in [1.54, 1.807) is 0 Å². The summed E-state index contributed by atoms with van der Waals surface area (Å²) >= 11 is 0. The van der Waals surface area contributed by atoms with E-state index >= 15 is 0 Å². The number of pyridine rings is 1. The van der Waals surface area contributed by atoms with Crippen molar-refractivity contribution in [1.29, 1.82) is 0 Å². The zero-order chi connectivity index (χ0) is 13.2. The van der Waals surface area contributed by atoms with Gasteiger partial charge in [-0.15, -0.1) is 0 Å². The highest BCUT2D eigenvalue weighted by Crippen LogP contribution is 2.27. The fraction of sp³-hybridized carbons (Fsp3) is 0.353. The predicted octanol–water partition coefficient (Wildman–Crippen LogP) is 3.43. The van der Waals surface area contributed by atoms with Crippen LogP contribution in [0, 0.1) is 6.92 Å². The van der Waals surface area contributed by atoms with Crippen molar-refractivity contribution in [2.24, 2.45) is 0 Å². The molecule has 19 heavy (non-hydrogen) atoms. The lowest BCUT2D eigenvalue weighted by Crippen LogP contribution is -2.02. The summed E-state index contributed by atoms with van der Waals surface area (Å²) in [6.07, 6.45) is 5.02. The summed E-state index contributed by atoms with van der Waals surface area (Å²) in [5.74, 6) is 0. The van der Waals surface area contributed by atoms with Crippen LogP contribution >= 0.6 is 0 Å². The van der Waals surface area contributed by atoms with Crippen molar-refractivity contribution in [3.8, 4) is 11.3 Å².